The van der Waals surface area contributed by atoms with Crippen molar-refractivity contribution >= 4 is 17.6 Å². The molecule has 0 amide bonds. The molecule has 0 radical (unpaired) electrons. The highest BCUT2D eigenvalue weighted by Gasteiger charge is 1.96. The fourth-order valence-electron chi connectivity index (χ4n) is 1.85. The minimum atomic E-state index is -0.730. The third-order valence-electron chi connectivity index (χ3n) is 3.10. The first-order valence-corrected chi connectivity index (χ1v) is 8.82. The molecule has 0 aromatic heterocycles. The number of ether oxygens (including phenoxy) is 3. The van der Waals surface area contributed by atoms with Crippen LogP contribution in [-0.2, 0) is 19.0 Å². The summed E-state index contributed by atoms with van der Waals surface area (Å²) in [6, 6.07) is 0. The van der Waals surface area contributed by atoms with E-state index in [2.05, 4.69) is 0 Å². The lowest BCUT2D eigenvalue weighted by molar-refractivity contribution is -0.137. The maximum Gasteiger partial charge on any atom is 0.303 e. The van der Waals surface area contributed by atoms with Crippen LogP contribution < -0.4 is 0 Å². The Kier molecular flexibility index (Phi) is 18.4. The summed E-state index contributed by atoms with van der Waals surface area (Å²) >= 11 is 5.60. The first-order valence-electron chi connectivity index (χ1n) is 8.28. The lowest BCUT2D eigenvalue weighted by Crippen LogP contribution is -2.10. The minimum absolute atomic E-state index is 0.246. The van der Waals surface area contributed by atoms with Crippen LogP contribution in [0.15, 0.2) is 0 Å². The molecule has 5 nitrogen and oxygen atoms in total. The SMILES string of the molecule is O=C(O)CCCCCOCCOCCOCCCCCCCl. The van der Waals surface area contributed by atoms with Gasteiger partial charge in [-0.2, -0.15) is 0 Å². The van der Waals surface area contributed by atoms with Gasteiger partial charge in [0.1, 0.15) is 0 Å². The summed E-state index contributed by atoms with van der Waals surface area (Å²) in [7, 11) is 0. The van der Waals surface area contributed by atoms with Gasteiger partial charge in [-0.25, -0.2) is 0 Å². The van der Waals surface area contributed by atoms with E-state index in [-0.39, 0.29) is 6.42 Å². The zero-order valence-electron chi connectivity index (χ0n) is 13.6. The molecule has 0 heterocycles. The van der Waals surface area contributed by atoms with Gasteiger partial charge in [0.2, 0.25) is 0 Å². The molecule has 0 saturated heterocycles. The van der Waals surface area contributed by atoms with Crippen LogP contribution in [0.4, 0.5) is 0 Å². The molecule has 0 aliphatic heterocycles. The molecule has 22 heavy (non-hydrogen) atoms. The molecule has 0 rings (SSSR count). The normalized spacial score (nSPS) is 11.0. The number of alkyl halides is 1. The second-order valence-corrected chi connectivity index (χ2v) is 5.52. The van der Waals surface area contributed by atoms with Crippen LogP contribution in [-0.4, -0.2) is 56.6 Å². The molecule has 0 aliphatic carbocycles. The maximum atomic E-state index is 10.3. The highest BCUT2D eigenvalue weighted by Crippen LogP contribution is 2.01. The number of carboxylic acids is 1. The Hall–Kier alpha value is -0.360. The summed E-state index contributed by atoms with van der Waals surface area (Å²) in [5, 5.41) is 8.48. The third kappa shape index (κ3) is 19.6. The first-order chi connectivity index (χ1) is 10.8. The van der Waals surface area contributed by atoms with Crippen molar-refractivity contribution in [1.82, 2.24) is 0 Å². The summed E-state index contributed by atoms with van der Waals surface area (Å²) in [4.78, 5) is 10.3. The highest BCUT2D eigenvalue weighted by molar-refractivity contribution is 6.17. The second-order valence-electron chi connectivity index (χ2n) is 5.14. The number of rotatable bonds is 18. The van der Waals surface area contributed by atoms with Gasteiger partial charge in [0.15, 0.2) is 0 Å². The number of hydrogen-bond donors (Lipinski definition) is 1. The van der Waals surface area contributed by atoms with Gasteiger partial charge in [0.25, 0.3) is 0 Å². The van der Waals surface area contributed by atoms with Crippen molar-refractivity contribution in [2.75, 3.05) is 45.5 Å². The average molecular weight is 339 g/mol. The van der Waals surface area contributed by atoms with E-state index in [1.165, 1.54) is 12.8 Å². The number of aliphatic carboxylic acids is 1. The molecule has 0 atom stereocenters. The van der Waals surface area contributed by atoms with Crippen LogP contribution in [0.5, 0.6) is 0 Å². The zero-order chi connectivity index (χ0) is 16.3. The van der Waals surface area contributed by atoms with E-state index in [4.69, 9.17) is 30.9 Å². The van der Waals surface area contributed by atoms with Crippen molar-refractivity contribution in [3.63, 3.8) is 0 Å². The van der Waals surface area contributed by atoms with Gasteiger partial charge in [-0.3, -0.25) is 4.79 Å². The van der Waals surface area contributed by atoms with E-state index in [9.17, 15) is 4.79 Å². The molecule has 0 aliphatic rings. The summed E-state index contributed by atoms with van der Waals surface area (Å²) in [6.45, 7) is 3.85. The van der Waals surface area contributed by atoms with Crippen molar-refractivity contribution in [2.45, 2.75) is 51.4 Å². The molecular formula is C16H31ClO5. The highest BCUT2D eigenvalue weighted by atomic mass is 35.5. The predicted octanol–water partition coefficient (Wildman–Crippen LogP) is 3.48. The van der Waals surface area contributed by atoms with Gasteiger partial charge >= 0.3 is 5.97 Å². The lowest BCUT2D eigenvalue weighted by Gasteiger charge is -2.07. The molecule has 0 fully saturated rings. The first kappa shape index (κ1) is 21.6. The van der Waals surface area contributed by atoms with Gasteiger partial charge in [-0.05, 0) is 25.7 Å². The maximum absolute atomic E-state index is 10.3. The summed E-state index contributed by atoms with van der Waals surface area (Å²) in [5.41, 5.74) is 0. The summed E-state index contributed by atoms with van der Waals surface area (Å²) in [6.07, 6.45) is 7.29. The molecule has 0 bridgehead atoms. The van der Waals surface area contributed by atoms with Crippen LogP contribution in [0, 0.1) is 0 Å². The van der Waals surface area contributed by atoms with E-state index in [0.717, 1.165) is 44.6 Å². The van der Waals surface area contributed by atoms with Crippen LogP contribution in [0.25, 0.3) is 0 Å². The van der Waals surface area contributed by atoms with E-state index < -0.39 is 5.97 Å². The Morgan fingerprint density at radius 1 is 0.682 bits per heavy atom. The number of halogens is 1. The predicted molar refractivity (Wildman–Crippen MR) is 87.7 cm³/mol. The Morgan fingerprint density at radius 2 is 1.14 bits per heavy atom. The average Bonchev–Trinajstić information content (AvgIpc) is 2.50. The lowest BCUT2D eigenvalue weighted by atomic mass is 10.2. The fraction of sp³-hybridized carbons (Fsp3) is 0.938. The van der Waals surface area contributed by atoms with Gasteiger partial charge < -0.3 is 19.3 Å². The van der Waals surface area contributed by atoms with Crippen LogP contribution >= 0.6 is 11.6 Å². The van der Waals surface area contributed by atoms with Crippen molar-refractivity contribution in [3.05, 3.63) is 0 Å². The van der Waals surface area contributed by atoms with E-state index in [1.807, 2.05) is 0 Å². The van der Waals surface area contributed by atoms with E-state index in [1.54, 1.807) is 0 Å². The van der Waals surface area contributed by atoms with Crippen molar-refractivity contribution < 1.29 is 24.1 Å². The quantitative estimate of drug-likeness (QED) is 0.306. The van der Waals surface area contributed by atoms with Gasteiger partial charge in [-0.15, -0.1) is 11.6 Å². The van der Waals surface area contributed by atoms with Crippen molar-refractivity contribution in [2.24, 2.45) is 0 Å². The van der Waals surface area contributed by atoms with Crippen LogP contribution in [0.1, 0.15) is 51.4 Å². The Bertz CT molecular complexity index is 239. The zero-order valence-corrected chi connectivity index (χ0v) is 14.3. The van der Waals surface area contributed by atoms with Gasteiger partial charge in [-0.1, -0.05) is 19.3 Å². The molecule has 0 aromatic carbocycles. The summed E-state index contributed by atoms with van der Waals surface area (Å²) < 4.78 is 16.3. The smallest absolute Gasteiger partial charge is 0.303 e. The monoisotopic (exact) mass is 338 g/mol. The van der Waals surface area contributed by atoms with Crippen LogP contribution in [0.2, 0.25) is 0 Å². The Labute approximate surface area is 139 Å². The summed E-state index contributed by atoms with van der Waals surface area (Å²) in [5.74, 6) is 0.0193. The second kappa shape index (κ2) is 18.7. The number of carboxylic acid groups (broad SMARTS) is 1. The Morgan fingerprint density at radius 3 is 1.64 bits per heavy atom. The number of hydrogen-bond acceptors (Lipinski definition) is 4. The van der Waals surface area contributed by atoms with E-state index in [0.29, 0.717) is 33.0 Å². The number of unbranched alkanes of at least 4 members (excludes halogenated alkanes) is 5. The molecule has 0 spiro atoms. The molecule has 0 saturated carbocycles. The fourth-order valence-corrected chi connectivity index (χ4v) is 2.04. The molecular weight excluding hydrogens is 308 g/mol. The van der Waals surface area contributed by atoms with Gasteiger partial charge in [0.05, 0.1) is 26.4 Å². The molecule has 0 unspecified atom stereocenters. The molecule has 1 N–H and O–H groups in total. The minimum Gasteiger partial charge on any atom is -0.481 e. The largest absolute Gasteiger partial charge is 0.481 e. The standard InChI is InChI=1S/C16H31ClO5/c17-9-5-1-2-6-10-20-12-14-22-15-13-21-11-7-3-4-8-16(18)19/h1-15H2,(H,18,19). The molecule has 6 heteroatoms. The van der Waals surface area contributed by atoms with Crippen molar-refractivity contribution in [1.29, 1.82) is 0 Å². The van der Waals surface area contributed by atoms with E-state index >= 15 is 0 Å². The third-order valence-corrected chi connectivity index (χ3v) is 3.36. The molecule has 132 valence electrons. The van der Waals surface area contributed by atoms with Crippen LogP contribution in [0.3, 0.4) is 0 Å². The Balaban J connectivity index is 2.95. The topological polar surface area (TPSA) is 65.0 Å². The number of carbonyl (C=O) groups is 1. The van der Waals surface area contributed by atoms with Crippen molar-refractivity contribution in [3.8, 4) is 0 Å². The molecule has 0 aromatic rings. The van der Waals surface area contributed by atoms with Gasteiger partial charge in [0, 0.05) is 25.5 Å².